The molecule has 1 aromatic carbocycles. The second-order valence-electron chi connectivity index (χ2n) is 6.45. The number of esters is 1. The minimum atomic E-state index is -0.589. The summed E-state index contributed by atoms with van der Waals surface area (Å²) in [6.45, 7) is 1.36. The molecule has 0 radical (unpaired) electrons. The monoisotopic (exact) mass is 477 g/mol. The number of halogens is 1. The highest BCUT2D eigenvalue weighted by Gasteiger charge is 2.29. The van der Waals surface area contributed by atoms with E-state index in [1.54, 1.807) is 19.1 Å². The van der Waals surface area contributed by atoms with Gasteiger partial charge in [-0.15, -0.1) is 0 Å². The van der Waals surface area contributed by atoms with E-state index in [9.17, 15) is 9.59 Å². The Morgan fingerprint density at radius 2 is 2.15 bits per heavy atom. The Morgan fingerprint density at radius 1 is 1.33 bits per heavy atom. The smallest absolute Gasteiger partial charge is 0.339 e. The summed E-state index contributed by atoms with van der Waals surface area (Å²) >= 11 is 2.16. The van der Waals surface area contributed by atoms with Crippen LogP contribution >= 0.6 is 22.6 Å². The van der Waals surface area contributed by atoms with E-state index in [1.807, 2.05) is 18.2 Å². The molecular weight excluding hydrogens is 461 g/mol. The average molecular weight is 477 g/mol. The van der Waals surface area contributed by atoms with Crippen molar-refractivity contribution in [3.8, 4) is 0 Å². The SMILES string of the molecule is Cc1noc2nc(C3CC3)cc(C(=O)OCC(=O)Nc3cccc(I)c3)c12. The molecule has 1 saturated carbocycles. The molecule has 0 atom stereocenters. The summed E-state index contributed by atoms with van der Waals surface area (Å²) in [6.07, 6.45) is 2.08. The lowest BCUT2D eigenvalue weighted by atomic mass is 10.1. The Bertz CT molecular complexity index is 1040. The second kappa shape index (κ2) is 7.26. The van der Waals surface area contributed by atoms with Crippen LogP contribution in [-0.4, -0.2) is 28.6 Å². The fourth-order valence-corrected chi connectivity index (χ4v) is 3.38. The second-order valence-corrected chi connectivity index (χ2v) is 7.70. The number of rotatable bonds is 5. The predicted molar refractivity (Wildman–Crippen MR) is 107 cm³/mol. The van der Waals surface area contributed by atoms with Gasteiger partial charge in [-0.25, -0.2) is 9.78 Å². The van der Waals surface area contributed by atoms with Gasteiger partial charge in [0, 0.05) is 20.9 Å². The first-order chi connectivity index (χ1) is 13.0. The van der Waals surface area contributed by atoms with Gasteiger partial charge in [0.05, 0.1) is 16.6 Å². The lowest BCUT2D eigenvalue weighted by Gasteiger charge is -2.08. The first-order valence-electron chi connectivity index (χ1n) is 8.50. The van der Waals surface area contributed by atoms with E-state index in [1.165, 1.54) is 0 Å². The van der Waals surface area contributed by atoms with Crippen molar-refractivity contribution in [2.45, 2.75) is 25.7 Å². The summed E-state index contributed by atoms with van der Waals surface area (Å²) in [5.74, 6) is -0.649. The number of nitrogens with one attached hydrogen (secondary N) is 1. The fourth-order valence-electron chi connectivity index (χ4n) is 2.84. The van der Waals surface area contributed by atoms with Crippen molar-refractivity contribution in [3.05, 3.63) is 50.9 Å². The van der Waals surface area contributed by atoms with E-state index in [4.69, 9.17) is 9.26 Å². The number of amides is 1. The minimum absolute atomic E-state index is 0.326. The lowest BCUT2D eigenvalue weighted by molar-refractivity contribution is -0.119. The van der Waals surface area contributed by atoms with E-state index < -0.39 is 11.9 Å². The molecule has 0 spiro atoms. The molecule has 138 valence electrons. The Hall–Kier alpha value is -2.49. The highest BCUT2D eigenvalue weighted by atomic mass is 127. The van der Waals surface area contributed by atoms with Crippen molar-refractivity contribution in [1.29, 1.82) is 0 Å². The summed E-state index contributed by atoms with van der Waals surface area (Å²) in [4.78, 5) is 29.1. The highest BCUT2D eigenvalue weighted by Crippen LogP contribution is 2.40. The van der Waals surface area contributed by atoms with E-state index in [0.717, 1.165) is 22.1 Å². The maximum absolute atomic E-state index is 12.6. The molecule has 1 N–H and O–H groups in total. The Labute approximate surface area is 168 Å². The van der Waals surface area contributed by atoms with Crippen molar-refractivity contribution < 1.29 is 18.8 Å². The van der Waals surface area contributed by atoms with Crippen LogP contribution in [0.3, 0.4) is 0 Å². The van der Waals surface area contributed by atoms with Crippen LogP contribution in [0.25, 0.3) is 11.1 Å². The lowest BCUT2D eigenvalue weighted by Crippen LogP contribution is -2.21. The largest absolute Gasteiger partial charge is 0.452 e. The number of anilines is 1. The molecule has 7 nitrogen and oxygen atoms in total. The van der Waals surface area contributed by atoms with Crippen LogP contribution in [0.2, 0.25) is 0 Å². The zero-order chi connectivity index (χ0) is 19.0. The zero-order valence-electron chi connectivity index (χ0n) is 14.5. The first-order valence-corrected chi connectivity index (χ1v) is 9.58. The van der Waals surface area contributed by atoms with Crippen molar-refractivity contribution >= 4 is 51.3 Å². The molecule has 3 aromatic rings. The topological polar surface area (TPSA) is 94.3 Å². The number of aryl methyl sites for hydroxylation is 1. The summed E-state index contributed by atoms with van der Waals surface area (Å²) in [6, 6.07) is 9.09. The average Bonchev–Trinajstić information content (AvgIpc) is 3.43. The van der Waals surface area contributed by atoms with Gasteiger partial charge in [0.1, 0.15) is 0 Å². The van der Waals surface area contributed by atoms with Gasteiger partial charge in [0.2, 0.25) is 0 Å². The van der Waals surface area contributed by atoms with Crippen LogP contribution in [-0.2, 0) is 9.53 Å². The van der Waals surface area contributed by atoms with Crippen LogP contribution in [0.1, 0.15) is 40.5 Å². The zero-order valence-corrected chi connectivity index (χ0v) is 16.6. The third-order valence-electron chi connectivity index (χ3n) is 4.30. The molecule has 8 heteroatoms. The van der Waals surface area contributed by atoms with Crippen LogP contribution in [0.4, 0.5) is 5.69 Å². The Morgan fingerprint density at radius 3 is 2.89 bits per heavy atom. The molecule has 1 fully saturated rings. The van der Waals surface area contributed by atoms with Crippen LogP contribution in [0, 0.1) is 10.5 Å². The molecule has 1 aliphatic rings. The first kappa shape index (κ1) is 17.9. The van der Waals surface area contributed by atoms with E-state index in [2.05, 4.69) is 38.0 Å². The third kappa shape index (κ3) is 3.95. The standard InChI is InChI=1S/C19H16IN3O4/c1-10-17-14(8-15(11-5-6-11)22-18(17)27-23-10)19(25)26-9-16(24)21-13-4-2-3-12(20)7-13/h2-4,7-8,11H,5-6,9H2,1H3,(H,21,24). The molecular formula is C19H16IN3O4. The molecule has 1 amide bonds. The number of hydrogen-bond donors (Lipinski definition) is 1. The summed E-state index contributed by atoms with van der Waals surface area (Å²) in [7, 11) is 0. The summed E-state index contributed by atoms with van der Waals surface area (Å²) in [5.41, 5.74) is 2.68. The maximum Gasteiger partial charge on any atom is 0.339 e. The third-order valence-corrected chi connectivity index (χ3v) is 4.97. The van der Waals surface area contributed by atoms with Gasteiger partial charge in [-0.2, -0.15) is 0 Å². The van der Waals surface area contributed by atoms with Crippen LogP contribution < -0.4 is 5.32 Å². The Balaban J connectivity index is 1.49. The predicted octanol–water partition coefficient (Wildman–Crippen LogP) is 3.81. The number of carbonyl (C=O) groups is 2. The van der Waals surface area contributed by atoms with Crippen molar-refractivity contribution in [3.63, 3.8) is 0 Å². The molecule has 27 heavy (non-hydrogen) atoms. The number of hydrogen-bond acceptors (Lipinski definition) is 6. The van der Waals surface area contributed by atoms with Gasteiger partial charge < -0.3 is 14.6 Å². The fraction of sp³-hybridized carbons (Fsp3) is 0.263. The molecule has 2 heterocycles. The summed E-state index contributed by atoms with van der Waals surface area (Å²) in [5, 5.41) is 7.13. The number of pyridine rings is 1. The molecule has 2 aromatic heterocycles. The van der Waals surface area contributed by atoms with Crippen molar-refractivity contribution in [2.75, 3.05) is 11.9 Å². The van der Waals surface area contributed by atoms with Gasteiger partial charge in [0.25, 0.3) is 11.6 Å². The van der Waals surface area contributed by atoms with Crippen LogP contribution in [0.15, 0.2) is 34.9 Å². The molecule has 0 unspecified atom stereocenters. The van der Waals surface area contributed by atoms with Gasteiger partial charge in [-0.1, -0.05) is 11.2 Å². The Kier molecular flexibility index (Phi) is 4.81. The van der Waals surface area contributed by atoms with Crippen LogP contribution in [0.5, 0.6) is 0 Å². The molecule has 0 aliphatic heterocycles. The minimum Gasteiger partial charge on any atom is -0.452 e. The molecule has 1 aliphatic carbocycles. The maximum atomic E-state index is 12.6. The van der Waals surface area contributed by atoms with E-state index >= 15 is 0 Å². The number of carbonyl (C=O) groups excluding carboxylic acids is 2. The molecule has 0 bridgehead atoms. The van der Waals surface area contributed by atoms with E-state index in [0.29, 0.717) is 34.0 Å². The van der Waals surface area contributed by atoms with Crippen molar-refractivity contribution in [2.24, 2.45) is 0 Å². The highest BCUT2D eigenvalue weighted by molar-refractivity contribution is 14.1. The normalized spacial score (nSPS) is 13.6. The van der Waals surface area contributed by atoms with Gasteiger partial charge in [-0.3, -0.25) is 4.79 Å². The van der Waals surface area contributed by atoms with Gasteiger partial charge in [0.15, 0.2) is 6.61 Å². The van der Waals surface area contributed by atoms with Gasteiger partial charge >= 0.3 is 5.97 Å². The number of benzene rings is 1. The van der Waals surface area contributed by atoms with Gasteiger partial charge in [-0.05, 0) is 66.6 Å². The van der Waals surface area contributed by atoms with E-state index in [-0.39, 0.29) is 6.61 Å². The number of nitrogens with zero attached hydrogens (tertiary/aromatic N) is 2. The van der Waals surface area contributed by atoms with Crippen molar-refractivity contribution in [1.82, 2.24) is 10.1 Å². The molecule has 4 rings (SSSR count). The quantitative estimate of drug-likeness (QED) is 0.444. The number of ether oxygens (including phenoxy) is 1. The number of aromatic nitrogens is 2. The molecule has 0 saturated heterocycles. The number of fused-ring (bicyclic) bond motifs is 1. The summed E-state index contributed by atoms with van der Waals surface area (Å²) < 4.78 is 11.5.